The highest BCUT2D eigenvalue weighted by molar-refractivity contribution is 7.81. The molecule has 80 valence electrons. The third kappa shape index (κ3) is 2.07. The molecule has 0 aliphatic carbocycles. The molecule has 5 heteroatoms. The highest BCUT2D eigenvalue weighted by Gasteiger charge is 2.28. The van der Waals surface area contributed by atoms with Crippen LogP contribution in [0.3, 0.4) is 0 Å². The van der Waals surface area contributed by atoms with E-state index >= 15 is 0 Å². The summed E-state index contributed by atoms with van der Waals surface area (Å²) in [7, 11) is 1.81. The average molecular weight is 223 g/mol. The number of carbonyl (C=O) groups excluding carboxylic acids is 1. The number of nitrogens with one attached hydrogen (secondary N) is 1. The van der Waals surface area contributed by atoms with Crippen molar-refractivity contribution < 1.29 is 4.79 Å². The van der Waals surface area contributed by atoms with Gasteiger partial charge >= 0.3 is 0 Å². The molecule has 1 unspecified atom stereocenters. The molecule has 2 rings (SSSR count). The van der Waals surface area contributed by atoms with Gasteiger partial charge in [-0.05, 0) is 12.1 Å². The van der Waals surface area contributed by atoms with E-state index < -0.39 is 0 Å². The molecule has 1 aliphatic rings. The fourth-order valence-corrected chi connectivity index (χ4v) is 1.95. The van der Waals surface area contributed by atoms with Crippen LogP contribution in [0.2, 0.25) is 0 Å². The van der Waals surface area contributed by atoms with Gasteiger partial charge in [0.15, 0.2) is 0 Å². The molecular weight excluding hydrogens is 210 g/mol. The van der Waals surface area contributed by atoms with Crippen LogP contribution in [0.25, 0.3) is 0 Å². The first-order valence-electron chi connectivity index (χ1n) is 4.83. The van der Waals surface area contributed by atoms with Crippen LogP contribution in [-0.2, 0) is 4.79 Å². The van der Waals surface area contributed by atoms with Gasteiger partial charge in [0.05, 0.1) is 11.9 Å². The van der Waals surface area contributed by atoms with Crippen LogP contribution in [0.5, 0.6) is 0 Å². The molecule has 0 bridgehead atoms. The van der Waals surface area contributed by atoms with Crippen molar-refractivity contribution in [3.05, 3.63) is 18.3 Å². The molecule has 1 aliphatic heterocycles. The minimum atomic E-state index is 0.119. The molecule has 1 N–H and O–H groups in total. The highest BCUT2D eigenvalue weighted by Crippen LogP contribution is 2.23. The van der Waals surface area contributed by atoms with Crippen LogP contribution in [0.4, 0.5) is 11.5 Å². The minimum absolute atomic E-state index is 0.119. The zero-order valence-corrected chi connectivity index (χ0v) is 9.37. The summed E-state index contributed by atoms with van der Waals surface area (Å²) >= 11 is 4.30. The van der Waals surface area contributed by atoms with Crippen molar-refractivity contribution in [3.63, 3.8) is 0 Å². The van der Waals surface area contributed by atoms with Crippen molar-refractivity contribution in [2.24, 2.45) is 0 Å². The van der Waals surface area contributed by atoms with Crippen molar-refractivity contribution in [2.45, 2.75) is 11.7 Å². The van der Waals surface area contributed by atoms with Gasteiger partial charge in [-0.15, -0.1) is 0 Å². The number of amides is 1. The lowest BCUT2D eigenvalue weighted by atomic mass is 10.3. The standard InChI is InChI=1S/C10H13N3OS/c1-11-9-3-2-7(5-12-9)13-6-8(15)4-10(13)14/h2-3,5,8,15H,4,6H2,1H3,(H,11,12). The van der Waals surface area contributed by atoms with Crippen molar-refractivity contribution >= 4 is 30.0 Å². The Morgan fingerprint density at radius 2 is 2.40 bits per heavy atom. The Hall–Kier alpha value is -1.23. The van der Waals surface area contributed by atoms with E-state index in [1.54, 1.807) is 11.1 Å². The summed E-state index contributed by atoms with van der Waals surface area (Å²) in [5, 5.41) is 3.08. The molecule has 1 atom stereocenters. The van der Waals surface area contributed by atoms with Gasteiger partial charge < -0.3 is 10.2 Å². The number of hydrogen-bond donors (Lipinski definition) is 2. The molecule has 4 nitrogen and oxygen atoms in total. The fourth-order valence-electron chi connectivity index (χ4n) is 1.63. The van der Waals surface area contributed by atoms with E-state index in [0.717, 1.165) is 11.5 Å². The van der Waals surface area contributed by atoms with E-state index in [1.165, 1.54) is 0 Å². The Balaban J connectivity index is 2.19. The molecule has 2 heterocycles. The maximum absolute atomic E-state index is 11.6. The Bertz CT molecular complexity index is 365. The van der Waals surface area contributed by atoms with Crippen molar-refractivity contribution in [1.29, 1.82) is 0 Å². The summed E-state index contributed by atoms with van der Waals surface area (Å²) in [6.45, 7) is 0.669. The first-order valence-corrected chi connectivity index (χ1v) is 5.34. The number of hydrogen-bond acceptors (Lipinski definition) is 4. The molecular formula is C10H13N3OS. The monoisotopic (exact) mass is 223 g/mol. The summed E-state index contributed by atoms with van der Waals surface area (Å²) in [6.07, 6.45) is 2.21. The summed E-state index contributed by atoms with van der Waals surface area (Å²) in [5.41, 5.74) is 0.843. The molecule has 0 aromatic carbocycles. The molecule has 1 aromatic rings. The first-order chi connectivity index (χ1) is 7.20. The molecule has 0 saturated carbocycles. The Morgan fingerprint density at radius 1 is 1.60 bits per heavy atom. The highest BCUT2D eigenvalue weighted by atomic mass is 32.1. The van der Waals surface area contributed by atoms with E-state index in [1.807, 2.05) is 19.2 Å². The predicted octanol–water partition coefficient (Wildman–Crippen LogP) is 1.16. The van der Waals surface area contributed by atoms with Crippen LogP contribution >= 0.6 is 12.6 Å². The number of carbonyl (C=O) groups is 1. The summed E-state index contributed by atoms with van der Waals surface area (Å²) in [6, 6.07) is 3.75. The maximum Gasteiger partial charge on any atom is 0.228 e. The lowest BCUT2D eigenvalue weighted by Gasteiger charge is -2.15. The molecule has 15 heavy (non-hydrogen) atoms. The summed E-state index contributed by atoms with van der Waals surface area (Å²) in [4.78, 5) is 17.5. The molecule has 1 aromatic heterocycles. The Morgan fingerprint density at radius 3 is 2.87 bits per heavy atom. The van der Waals surface area contributed by atoms with Crippen molar-refractivity contribution in [1.82, 2.24) is 4.98 Å². The Labute approximate surface area is 94.1 Å². The molecule has 1 fully saturated rings. The van der Waals surface area contributed by atoms with Gasteiger partial charge in [0.25, 0.3) is 0 Å². The van der Waals surface area contributed by atoms with E-state index in [4.69, 9.17) is 0 Å². The van der Waals surface area contributed by atoms with Crippen molar-refractivity contribution in [2.75, 3.05) is 23.8 Å². The number of rotatable bonds is 2. The smallest absolute Gasteiger partial charge is 0.228 e. The third-order valence-electron chi connectivity index (χ3n) is 2.42. The van der Waals surface area contributed by atoms with Gasteiger partial charge in [0, 0.05) is 25.3 Å². The van der Waals surface area contributed by atoms with E-state index in [9.17, 15) is 4.79 Å². The maximum atomic E-state index is 11.6. The van der Waals surface area contributed by atoms with Crippen LogP contribution < -0.4 is 10.2 Å². The zero-order valence-electron chi connectivity index (χ0n) is 8.47. The number of thiol groups is 1. The fraction of sp³-hybridized carbons (Fsp3) is 0.400. The van der Waals surface area contributed by atoms with Gasteiger partial charge in [-0.25, -0.2) is 4.98 Å². The quantitative estimate of drug-likeness (QED) is 0.739. The van der Waals surface area contributed by atoms with Crippen LogP contribution in [-0.4, -0.2) is 29.7 Å². The molecule has 1 amide bonds. The molecule has 0 spiro atoms. The normalized spacial score (nSPS) is 20.8. The second-order valence-corrected chi connectivity index (χ2v) is 4.24. The number of anilines is 2. The molecule has 1 saturated heterocycles. The van der Waals surface area contributed by atoms with Gasteiger partial charge in [-0.1, -0.05) is 0 Å². The zero-order chi connectivity index (χ0) is 10.8. The molecule has 0 radical (unpaired) electrons. The summed E-state index contributed by atoms with van der Waals surface area (Å²) < 4.78 is 0. The number of pyridine rings is 1. The topological polar surface area (TPSA) is 45.2 Å². The number of nitrogens with zero attached hydrogens (tertiary/aromatic N) is 2. The third-order valence-corrected chi connectivity index (χ3v) is 2.77. The van der Waals surface area contributed by atoms with Crippen LogP contribution in [0.1, 0.15) is 6.42 Å². The van der Waals surface area contributed by atoms with E-state index in [-0.39, 0.29) is 11.2 Å². The SMILES string of the molecule is CNc1ccc(N2CC(S)CC2=O)cn1. The van der Waals surface area contributed by atoms with Crippen LogP contribution in [0, 0.1) is 0 Å². The largest absolute Gasteiger partial charge is 0.373 e. The number of aromatic nitrogens is 1. The predicted molar refractivity (Wildman–Crippen MR) is 63.5 cm³/mol. The van der Waals surface area contributed by atoms with Crippen LogP contribution in [0.15, 0.2) is 18.3 Å². The van der Waals surface area contributed by atoms with Gasteiger partial charge in [0.1, 0.15) is 5.82 Å². The second kappa shape index (κ2) is 4.10. The second-order valence-electron chi connectivity index (χ2n) is 3.51. The van der Waals surface area contributed by atoms with E-state index in [0.29, 0.717) is 13.0 Å². The van der Waals surface area contributed by atoms with Gasteiger partial charge in [0.2, 0.25) is 5.91 Å². The lowest BCUT2D eigenvalue weighted by molar-refractivity contribution is -0.117. The lowest BCUT2D eigenvalue weighted by Crippen LogP contribution is -2.24. The van der Waals surface area contributed by atoms with Gasteiger partial charge in [-0.2, -0.15) is 12.6 Å². The minimum Gasteiger partial charge on any atom is -0.373 e. The van der Waals surface area contributed by atoms with Crippen molar-refractivity contribution in [3.8, 4) is 0 Å². The Kier molecular flexibility index (Phi) is 2.81. The summed E-state index contributed by atoms with van der Waals surface area (Å²) in [5.74, 6) is 0.918. The van der Waals surface area contributed by atoms with Gasteiger partial charge in [-0.3, -0.25) is 4.79 Å². The average Bonchev–Trinajstić information content (AvgIpc) is 2.58. The van der Waals surface area contributed by atoms with E-state index in [2.05, 4.69) is 22.9 Å². The first kappa shape index (κ1) is 10.3.